The summed E-state index contributed by atoms with van der Waals surface area (Å²) in [7, 11) is 2.02. The third-order valence-corrected chi connectivity index (χ3v) is 3.68. The number of rotatable bonds is 3. The van der Waals surface area contributed by atoms with Crippen molar-refractivity contribution >= 4 is 33.1 Å². The molecular formula is C15H16BrN3. The third-order valence-electron chi connectivity index (χ3n) is 3.02. The van der Waals surface area contributed by atoms with Crippen LogP contribution >= 0.6 is 15.9 Å². The zero-order valence-corrected chi connectivity index (χ0v) is 12.5. The maximum absolute atomic E-state index is 7.48. The van der Waals surface area contributed by atoms with Gasteiger partial charge in [-0.15, -0.1) is 0 Å². The summed E-state index contributed by atoms with van der Waals surface area (Å²) in [5.41, 5.74) is 9.62. The van der Waals surface area contributed by atoms with Gasteiger partial charge in [-0.1, -0.05) is 12.1 Å². The fraction of sp³-hybridized carbons (Fsp3) is 0.133. The lowest BCUT2D eigenvalue weighted by Crippen LogP contribution is -2.13. The van der Waals surface area contributed by atoms with Gasteiger partial charge in [0.25, 0.3) is 0 Å². The van der Waals surface area contributed by atoms with Gasteiger partial charge < -0.3 is 10.6 Å². The van der Waals surface area contributed by atoms with Crippen molar-refractivity contribution < 1.29 is 0 Å². The summed E-state index contributed by atoms with van der Waals surface area (Å²) in [6.07, 6.45) is 0. The summed E-state index contributed by atoms with van der Waals surface area (Å²) in [6.45, 7) is 2.08. The van der Waals surface area contributed by atoms with Crippen molar-refractivity contribution in [1.82, 2.24) is 0 Å². The summed E-state index contributed by atoms with van der Waals surface area (Å²) >= 11 is 3.46. The van der Waals surface area contributed by atoms with Crippen LogP contribution in [0.1, 0.15) is 11.1 Å². The Labute approximate surface area is 121 Å². The molecule has 0 bridgehead atoms. The summed E-state index contributed by atoms with van der Waals surface area (Å²) in [5.74, 6) is 0.0663. The highest BCUT2D eigenvalue weighted by Gasteiger charge is 2.08. The highest BCUT2D eigenvalue weighted by molar-refractivity contribution is 9.10. The van der Waals surface area contributed by atoms with Crippen LogP contribution in [0.25, 0.3) is 0 Å². The van der Waals surface area contributed by atoms with Crippen molar-refractivity contribution in [3.63, 3.8) is 0 Å². The third kappa shape index (κ3) is 2.96. The van der Waals surface area contributed by atoms with Gasteiger partial charge in [-0.3, -0.25) is 5.41 Å². The van der Waals surface area contributed by atoms with E-state index in [1.165, 1.54) is 5.56 Å². The normalized spacial score (nSPS) is 10.3. The van der Waals surface area contributed by atoms with Gasteiger partial charge in [-0.05, 0) is 58.7 Å². The second kappa shape index (κ2) is 5.45. The molecule has 0 aliphatic carbocycles. The Morgan fingerprint density at radius 1 is 1.16 bits per heavy atom. The van der Waals surface area contributed by atoms with Crippen molar-refractivity contribution in [2.75, 3.05) is 11.9 Å². The molecule has 0 saturated carbocycles. The first-order valence-corrected chi connectivity index (χ1v) is 6.72. The molecule has 0 aliphatic heterocycles. The Kier molecular flexibility index (Phi) is 3.90. The molecule has 0 heterocycles. The lowest BCUT2D eigenvalue weighted by Gasteiger charge is -2.21. The van der Waals surface area contributed by atoms with Crippen LogP contribution in [0.2, 0.25) is 0 Å². The molecule has 3 N–H and O–H groups in total. The molecule has 0 aliphatic rings. The molecule has 2 aromatic rings. The second-order valence-corrected chi connectivity index (χ2v) is 5.33. The van der Waals surface area contributed by atoms with Crippen LogP contribution in [0.3, 0.4) is 0 Å². The van der Waals surface area contributed by atoms with E-state index in [0.29, 0.717) is 5.56 Å². The number of nitrogens with zero attached hydrogens (tertiary/aromatic N) is 1. The lowest BCUT2D eigenvalue weighted by molar-refractivity contribution is 1.20. The first-order chi connectivity index (χ1) is 8.99. The molecule has 0 amide bonds. The van der Waals surface area contributed by atoms with Gasteiger partial charge in [0.15, 0.2) is 0 Å². The molecule has 0 fully saturated rings. The molecule has 2 rings (SSSR count). The second-order valence-electron chi connectivity index (χ2n) is 4.48. The molecule has 0 unspecified atom stereocenters. The molecule has 0 spiro atoms. The van der Waals surface area contributed by atoms with E-state index in [2.05, 4.69) is 46.0 Å². The minimum absolute atomic E-state index is 0.0663. The molecule has 0 atom stereocenters. The predicted octanol–water partition coefficient (Wildman–Crippen LogP) is 3.81. The number of benzene rings is 2. The maximum Gasteiger partial charge on any atom is 0.123 e. The Bertz CT molecular complexity index is 623. The highest BCUT2D eigenvalue weighted by Crippen LogP contribution is 2.28. The van der Waals surface area contributed by atoms with Crippen LogP contribution in [0.15, 0.2) is 46.9 Å². The van der Waals surface area contributed by atoms with Gasteiger partial charge in [0.05, 0.1) is 0 Å². The molecule has 0 aromatic heterocycles. The topological polar surface area (TPSA) is 53.1 Å². The Morgan fingerprint density at radius 2 is 1.84 bits per heavy atom. The highest BCUT2D eigenvalue weighted by atomic mass is 79.9. The Balaban J connectivity index is 2.37. The number of aryl methyl sites for hydroxylation is 1. The van der Waals surface area contributed by atoms with E-state index < -0.39 is 0 Å². The van der Waals surface area contributed by atoms with Gasteiger partial charge in [0.1, 0.15) is 5.84 Å². The summed E-state index contributed by atoms with van der Waals surface area (Å²) in [5, 5.41) is 7.48. The molecule has 4 heteroatoms. The minimum atomic E-state index is 0.0663. The number of nitrogens with one attached hydrogen (secondary N) is 1. The standard InChI is InChI=1S/C15H16BrN3/c1-10-4-3-5-11(8-10)19(2)12-6-7-13(15(17)18)14(16)9-12/h3-9H,1-2H3,(H3,17,18). The number of halogens is 1. The minimum Gasteiger partial charge on any atom is -0.384 e. The van der Waals surface area contributed by atoms with E-state index in [4.69, 9.17) is 11.1 Å². The largest absolute Gasteiger partial charge is 0.384 e. The van der Waals surface area contributed by atoms with E-state index in [1.54, 1.807) is 0 Å². The maximum atomic E-state index is 7.48. The van der Waals surface area contributed by atoms with Crippen molar-refractivity contribution in [3.8, 4) is 0 Å². The van der Waals surface area contributed by atoms with Gasteiger partial charge in [0, 0.05) is 28.5 Å². The van der Waals surface area contributed by atoms with E-state index in [0.717, 1.165) is 15.8 Å². The number of amidine groups is 1. The number of nitrogen functional groups attached to an aromatic ring is 1. The Morgan fingerprint density at radius 3 is 2.42 bits per heavy atom. The number of hydrogen-bond acceptors (Lipinski definition) is 2. The number of anilines is 2. The van der Waals surface area contributed by atoms with Crippen molar-refractivity contribution in [3.05, 3.63) is 58.1 Å². The van der Waals surface area contributed by atoms with Crippen molar-refractivity contribution in [2.24, 2.45) is 5.73 Å². The average molecular weight is 318 g/mol. The van der Waals surface area contributed by atoms with Gasteiger partial charge in [-0.2, -0.15) is 0 Å². The van der Waals surface area contributed by atoms with Crippen LogP contribution in [0.5, 0.6) is 0 Å². The monoisotopic (exact) mass is 317 g/mol. The smallest absolute Gasteiger partial charge is 0.123 e. The van der Waals surface area contributed by atoms with Gasteiger partial charge in [0.2, 0.25) is 0 Å². The fourth-order valence-electron chi connectivity index (χ4n) is 1.92. The molecule has 0 radical (unpaired) electrons. The molecule has 3 nitrogen and oxygen atoms in total. The van der Waals surface area contributed by atoms with Crippen LogP contribution < -0.4 is 10.6 Å². The van der Waals surface area contributed by atoms with Crippen molar-refractivity contribution in [1.29, 1.82) is 5.41 Å². The number of hydrogen-bond donors (Lipinski definition) is 2. The average Bonchev–Trinajstić information content (AvgIpc) is 2.37. The SMILES string of the molecule is Cc1cccc(N(C)c2ccc(C(=N)N)c(Br)c2)c1. The first kappa shape index (κ1) is 13.6. The zero-order chi connectivity index (χ0) is 14.0. The summed E-state index contributed by atoms with van der Waals surface area (Å²) < 4.78 is 0.831. The molecule has 0 saturated heterocycles. The van der Waals surface area contributed by atoms with Crippen LogP contribution in [0.4, 0.5) is 11.4 Å². The molecule has 98 valence electrons. The van der Waals surface area contributed by atoms with Gasteiger partial charge >= 0.3 is 0 Å². The van der Waals surface area contributed by atoms with E-state index in [-0.39, 0.29) is 5.84 Å². The van der Waals surface area contributed by atoms with Crippen LogP contribution in [0, 0.1) is 12.3 Å². The molecule has 19 heavy (non-hydrogen) atoms. The van der Waals surface area contributed by atoms with E-state index in [9.17, 15) is 0 Å². The molecular weight excluding hydrogens is 302 g/mol. The Hall–Kier alpha value is -1.81. The lowest BCUT2D eigenvalue weighted by atomic mass is 10.1. The number of nitrogens with two attached hydrogens (primary N) is 1. The predicted molar refractivity (Wildman–Crippen MR) is 84.4 cm³/mol. The first-order valence-electron chi connectivity index (χ1n) is 5.93. The summed E-state index contributed by atoms with van der Waals surface area (Å²) in [6, 6.07) is 14.1. The van der Waals surface area contributed by atoms with Gasteiger partial charge in [-0.25, -0.2) is 0 Å². The van der Waals surface area contributed by atoms with E-state index >= 15 is 0 Å². The fourth-order valence-corrected chi connectivity index (χ4v) is 2.50. The summed E-state index contributed by atoms with van der Waals surface area (Å²) in [4.78, 5) is 2.10. The van der Waals surface area contributed by atoms with Crippen LogP contribution in [-0.4, -0.2) is 12.9 Å². The van der Waals surface area contributed by atoms with Crippen LogP contribution in [-0.2, 0) is 0 Å². The van der Waals surface area contributed by atoms with Crippen molar-refractivity contribution in [2.45, 2.75) is 6.92 Å². The quantitative estimate of drug-likeness (QED) is 0.668. The molecule has 2 aromatic carbocycles. The van der Waals surface area contributed by atoms with E-state index in [1.807, 2.05) is 31.3 Å². The zero-order valence-electron chi connectivity index (χ0n) is 10.9.